The van der Waals surface area contributed by atoms with Gasteiger partial charge in [-0.2, -0.15) is 0 Å². The van der Waals surface area contributed by atoms with Crippen LogP contribution in [0.3, 0.4) is 0 Å². The molecule has 3 fully saturated rings. The monoisotopic (exact) mass is 497 g/mol. The van der Waals surface area contributed by atoms with E-state index in [0.29, 0.717) is 18.6 Å². The van der Waals surface area contributed by atoms with Crippen LogP contribution in [-0.2, 0) is 9.59 Å². The number of carbonyl (C=O) groups excluding carboxylic acids is 2. The number of aromatic amines is 1. The Morgan fingerprint density at radius 3 is 2.58 bits per heavy atom. The lowest BCUT2D eigenvalue weighted by atomic mass is 9.90. The Bertz CT molecular complexity index is 1110. The third kappa shape index (κ3) is 4.43. The Labute approximate surface area is 213 Å². The molecule has 2 amide bonds. The molecule has 0 radical (unpaired) electrons. The molecule has 2 aromatic rings. The predicted octanol–water partition coefficient (Wildman–Crippen LogP) is 3.37. The molecule has 36 heavy (non-hydrogen) atoms. The van der Waals surface area contributed by atoms with Crippen molar-refractivity contribution in [2.75, 3.05) is 20.1 Å². The molecule has 196 valence electrons. The van der Waals surface area contributed by atoms with Crippen LogP contribution >= 0.6 is 0 Å². The van der Waals surface area contributed by atoms with E-state index in [4.69, 9.17) is 0 Å². The highest BCUT2D eigenvalue weighted by Crippen LogP contribution is 2.46. The highest BCUT2D eigenvalue weighted by Gasteiger charge is 2.53. The molecule has 1 saturated carbocycles. The van der Waals surface area contributed by atoms with Crippen molar-refractivity contribution in [3.05, 3.63) is 35.8 Å². The van der Waals surface area contributed by atoms with E-state index in [0.717, 1.165) is 29.4 Å². The van der Waals surface area contributed by atoms with E-state index in [9.17, 15) is 14.0 Å². The average Bonchev–Trinajstić information content (AvgIpc) is 3.64. The van der Waals surface area contributed by atoms with Gasteiger partial charge < -0.3 is 20.5 Å². The number of likely N-dealkylation sites (tertiary alicyclic amines) is 2. The van der Waals surface area contributed by atoms with Crippen LogP contribution in [0.1, 0.15) is 64.4 Å². The minimum Gasteiger partial charge on any atom is -0.361 e. The van der Waals surface area contributed by atoms with Crippen LogP contribution in [0.4, 0.5) is 4.39 Å². The van der Waals surface area contributed by atoms with Crippen molar-refractivity contribution in [1.29, 1.82) is 0 Å². The van der Waals surface area contributed by atoms with Crippen LogP contribution in [0.15, 0.2) is 24.4 Å². The maximum Gasteiger partial charge on any atom is 0.245 e. The molecule has 2 saturated heterocycles. The van der Waals surface area contributed by atoms with Gasteiger partial charge in [-0.05, 0) is 62.9 Å². The lowest BCUT2D eigenvalue weighted by Crippen LogP contribution is -2.56. The minimum atomic E-state index is -0.565. The van der Waals surface area contributed by atoms with Gasteiger partial charge in [-0.15, -0.1) is 0 Å². The van der Waals surface area contributed by atoms with Crippen LogP contribution in [0.5, 0.6) is 0 Å². The Hall–Kier alpha value is -2.45. The molecule has 0 spiro atoms. The number of amides is 2. The summed E-state index contributed by atoms with van der Waals surface area (Å²) in [4.78, 5) is 34.7. The molecule has 1 aromatic carbocycles. The van der Waals surface area contributed by atoms with Crippen molar-refractivity contribution in [1.82, 2.24) is 25.4 Å². The van der Waals surface area contributed by atoms with Gasteiger partial charge >= 0.3 is 0 Å². The van der Waals surface area contributed by atoms with E-state index in [1.165, 1.54) is 31.7 Å². The van der Waals surface area contributed by atoms with Crippen LogP contribution in [0.2, 0.25) is 0 Å². The molecule has 0 bridgehead atoms. The first-order valence-corrected chi connectivity index (χ1v) is 13.6. The Balaban J connectivity index is 1.48. The van der Waals surface area contributed by atoms with Crippen LogP contribution in [0, 0.1) is 11.7 Å². The second kappa shape index (κ2) is 10.1. The van der Waals surface area contributed by atoms with Gasteiger partial charge in [0.1, 0.15) is 11.9 Å². The molecular formula is C28H40FN5O2. The molecule has 2 aliphatic heterocycles. The van der Waals surface area contributed by atoms with Gasteiger partial charge in [0.15, 0.2) is 0 Å². The summed E-state index contributed by atoms with van der Waals surface area (Å²) in [6.07, 6.45) is 7.94. The van der Waals surface area contributed by atoms with Crippen molar-refractivity contribution < 1.29 is 14.0 Å². The zero-order chi connectivity index (χ0) is 25.6. The largest absolute Gasteiger partial charge is 0.361 e. The summed E-state index contributed by atoms with van der Waals surface area (Å²) >= 11 is 0. The topological polar surface area (TPSA) is 80.5 Å². The van der Waals surface area contributed by atoms with E-state index in [1.54, 1.807) is 20.0 Å². The average molecular weight is 498 g/mol. The number of rotatable bonds is 7. The summed E-state index contributed by atoms with van der Waals surface area (Å²) in [6, 6.07) is 4.92. The van der Waals surface area contributed by atoms with Crippen LogP contribution < -0.4 is 10.6 Å². The number of aromatic nitrogens is 1. The van der Waals surface area contributed by atoms with Gasteiger partial charge in [0, 0.05) is 48.2 Å². The minimum absolute atomic E-state index is 0.0123. The van der Waals surface area contributed by atoms with Crippen LogP contribution in [0.25, 0.3) is 10.9 Å². The number of halogens is 1. The lowest BCUT2D eigenvalue weighted by Gasteiger charge is -2.34. The second-order valence-electron chi connectivity index (χ2n) is 11.3. The zero-order valence-electron chi connectivity index (χ0n) is 21.9. The quantitative estimate of drug-likeness (QED) is 0.548. The van der Waals surface area contributed by atoms with Crippen molar-refractivity contribution in [2.45, 2.75) is 89.0 Å². The standard InChI is InChI=1S/C28H40FN5O2/c1-16(2)25(32-27(35)17(3)30-4)28(36)33-12-11-24-26(33)22(15-34(24)19-7-5-6-8-19)21-14-31-23-13-18(29)9-10-20(21)23/h9-10,13-14,16-17,19,22,24-26,30-31H,5-8,11-12,15H2,1-4H3,(H,32,35). The van der Waals surface area contributed by atoms with E-state index >= 15 is 0 Å². The summed E-state index contributed by atoms with van der Waals surface area (Å²) in [6.45, 7) is 7.39. The molecule has 5 atom stereocenters. The molecule has 3 N–H and O–H groups in total. The number of hydrogen-bond acceptors (Lipinski definition) is 4. The summed E-state index contributed by atoms with van der Waals surface area (Å²) in [7, 11) is 1.75. The van der Waals surface area contributed by atoms with Gasteiger partial charge in [-0.3, -0.25) is 14.5 Å². The summed E-state index contributed by atoms with van der Waals surface area (Å²) in [5, 5.41) is 7.02. The summed E-state index contributed by atoms with van der Waals surface area (Å²) in [5.41, 5.74) is 1.96. The van der Waals surface area contributed by atoms with Gasteiger partial charge in [0.2, 0.25) is 11.8 Å². The smallest absolute Gasteiger partial charge is 0.245 e. The van der Waals surface area contributed by atoms with E-state index in [2.05, 4.69) is 25.4 Å². The number of benzene rings is 1. The first kappa shape index (κ1) is 25.2. The van der Waals surface area contributed by atoms with Gasteiger partial charge in [-0.1, -0.05) is 26.7 Å². The normalized spacial score (nSPS) is 26.6. The molecule has 1 aromatic heterocycles. The van der Waals surface area contributed by atoms with E-state index in [-0.39, 0.29) is 41.6 Å². The van der Waals surface area contributed by atoms with Crippen molar-refractivity contribution in [3.63, 3.8) is 0 Å². The molecule has 5 rings (SSSR count). The molecule has 3 aliphatic rings. The predicted molar refractivity (Wildman–Crippen MR) is 139 cm³/mol. The number of nitrogens with one attached hydrogen (secondary N) is 3. The maximum atomic E-state index is 14.0. The second-order valence-corrected chi connectivity index (χ2v) is 11.3. The molecule has 7 nitrogen and oxygen atoms in total. The Morgan fingerprint density at radius 1 is 1.14 bits per heavy atom. The summed E-state index contributed by atoms with van der Waals surface area (Å²) in [5.74, 6) is -0.281. The van der Waals surface area contributed by atoms with Crippen molar-refractivity contribution >= 4 is 22.7 Å². The molecule has 1 aliphatic carbocycles. The number of fused-ring (bicyclic) bond motifs is 2. The number of likely N-dealkylation sites (N-methyl/N-ethyl adjacent to an activating group) is 1. The third-order valence-electron chi connectivity index (χ3n) is 8.87. The Morgan fingerprint density at radius 2 is 1.89 bits per heavy atom. The summed E-state index contributed by atoms with van der Waals surface area (Å²) < 4.78 is 13.9. The first-order chi connectivity index (χ1) is 17.3. The van der Waals surface area contributed by atoms with E-state index in [1.807, 2.05) is 26.1 Å². The lowest BCUT2D eigenvalue weighted by molar-refractivity contribution is -0.139. The fourth-order valence-electron chi connectivity index (χ4n) is 6.84. The van der Waals surface area contributed by atoms with Crippen molar-refractivity contribution in [2.24, 2.45) is 5.92 Å². The molecular weight excluding hydrogens is 457 g/mol. The molecule has 3 heterocycles. The SMILES string of the molecule is CNC(C)C(=O)NC(C(=O)N1CCC2C1C(c1c[nH]c3cc(F)ccc13)CN2C1CCCC1)C(C)C. The van der Waals surface area contributed by atoms with Gasteiger partial charge in [-0.25, -0.2) is 4.39 Å². The fraction of sp³-hybridized carbons (Fsp3) is 0.643. The maximum absolute atomic E-state index is 14.0. The first-order valence-electron chi connectivity index (χ1n) is 13.6. The fourth-order valence-corrected chi connectivity index (χ4v) is 6.84. The highest BCUT2D eigenvalue weighted by atomic mass is 19.1. The Kier molecular flexibility index (Phi) is 7.10. The number of hydrogen-bond donors (Lipinski definition) is 3. The molecule has 5 unspecified atom stereocenters. The van der Waals surface area contributed by atoms with Crippen LogP contribution in [-0.4, -0.2) is 76.9 Å². The highest BCUT2D eigenvalue weighted by molar-refractivity contribution is 5.90. The molecule has 8 heteroatoms. The third-order valence-corrected chi connectivity index (χ3v) is 8.87. The van der Waals surface area contributed by atoms with E-state index < -0.39 is 6.04 Å². The van der Waals surface area contributed by atoms with Gasteiger partial charge in [0.25, 0.3) is 0 Å². The van der Waals surface area contributed by atoms with Crippen molar-refractivity contribution in [3.8, 4) is 0 Å². The van der Waals surface area contributed by atoms with Gasteiger partial charge in [0.05, 0.1) is 12.1 Å². The number of nitrogens with zero attached hydrogens (tertiary/aromatic N) is 2. The zero-order valence-corrected chi connectivity index (χ0v) is 21.9. The number of carbonyl (C=O) groups is 2. The number of H-pyrrole nitrogens is 1.